The first kappa shape index (κ1) is 13.3. The number of hydrogen-bond donors (Lipinski definition) is 1. The van der Waals surface area contributed by atoms with E-state index in [1.807, 2.05) is 0 Å². The number of carboxylic acid groups (broad SMARTS) is 1. The Morgan fingerprint density at radius 3 is 2.65 bits per heavy atom. The Bertz CT molecular complexity index is 492. The highest BCUT2D eigenvalue weighted by atomic mass is 16.4. The largest absolute Gasteiger partial charge is 0.481 e. The van der Waals surface area contributed by atoms with Crippen LogP contribution in [0.25, 0.3) is 0 Å². The number of anilines is 1. The van der Waals surface area contributed by atoms with Gasteiger partial charge in [-0.25, -0.2) is 9.97 Å². The number of fused-ring (bicyclic) bond motifs is 2. The molecule has 3 rings (SSSR count). The molecule has 0 saturated carbocycles. The van der Waals surface area contributed by atoms with Gasteiger partial charge in [-0.05, 0) is 38.0 Å². The Kier molecular flexibility index (Phi) is 3.59. The number of carbonyl (C=O) groups is 1. The van der Waals surface area contributed by atoms with Crippen molar-refractivity contribution in [3.05, 3.63) is 18.1 Å². The van der Waals surface area contributed by atoms with Crippen molar-refractivity contribution in [2.75, 3.05) is 4.90 Å². The van der Waals surface area contributed by atoms with Gasteiger partial charge in [0.25, 0.3) is 0 Å². The van der Waals surface area contributed by atoms with Crippen LogP contribution in [0.15, 0.2) is 12.4 Å². The number of aromatic nitrogens is 2. The van der Waals surface area contributed by atoms with Gasteiger partial charge in [-0.15, -0.1) is 0 Å². The maximum Gasteiger partial charge on any atom is 0.303 e. The molecular weight excluding hydrogens is 254 g/mol. The van der Waals surface area contributed by atoms with Gasteiger partial charge in [0, 0.05) is 30.3 Å². The van der Waals surface area contributed by atoms with E-state index in [0.29, 0.717) is 24.4 Å². The molecule has 3 heterocycles. The van der Waals surface area contributed by atoms with E-state index in [4.69, 9.17) is 5.11 Å². The quantitative estimate of drug-likeness (QED) is 0.913. The summed E-state index contributed by atoms with van der Waals surface area (Å²) in [4.78, 5) is 22.0. The molecule has 2 aliphatic rings. The molecule has 1 aromatic rings. The van der Waals surface area contributed by atoms with Crippen LogP contribution >= 0.6 is 0 Å². The molecule has 0 spiro atoms. The topological polar surface area (TPSA) is 66.3 Å². The maximum absolute atomic E-state index is 10.9. The summed E-state index contributed by atoms with van der Waals surface area (Å²) in [6, 6.07) is 3.00. The standard InChI is InChI=1S/C15H21N3O2/c1-2-11-8-14(17-9-16-11)18-12-3-4-13(18)6-10(5-12)7-15(19)20/h8-10,12-13H,2-7H2,1H3,(H,19,20). The molecule has 2 unspecified atom stereocenters. The van der Waals surface area contributed by atoms with Crippen molar-refractivity contribution in [3.8, 4) is 0 Å². The number of hydrogen-bond acceptors (Lipinski definition) is 4. The summed E-state index contributed by atoms with van der Waals surface area (Å²) in [6.45, 7) is 2.10. The van der Waals surface area contributed by atoms with Crippen molar-refractivity contribution in [2.24, 2.45) is 5.92 Å². The summed E-state index contributed by atoms with van der Waals surface area (Å²) in [5.74, 6) is 0.685. The van der Waals surface area contributed by atoms with Gasteiger partial charge in [-0.2, -0.15) is 0 Å². The number of piperidine rings is 1. The third-order valence-electron chi connectivity index (χ3n) is 4.63. The van der Waals surface area contributed by atoms with Crippen LogP contribution < -0.4 is 4.90 Å². The number of rotatable bonds is 4. The second-order valence-corrected chi connectivity index (χ2v) is 5.95. The third kappa shape index (κ3) is 2.49. The van der Waals surface area contributed by atoms with E-state index in [-0.39, 0.29) is 0 Å². The predicted octanol–water partition coefficient (Wildman–Crippen LogP) is 2.26. The molecule has 0 aromatic carbocycles. The van der Waals surface area contributed by atoms with Crippen LogP contribution in [0.2, 0.25) is 0 Å². The fraction of sp³-hybridized carbons (Fsp3) is 0.667. The van der Waals surface area contributed by atoms with Gasteiger partial charge in [-0.3, -0.25) is 4.79 Å². The number of aliphatic carboxylic acids is 1. The third-order valence-corrected chi connectivity index (χ3v) is 4.63. The second-order valence-electron chi connectivity index (χ2n) is 5.95. The molecule has 2 fully saturated rings. The lowest BCUT2D eigenvalue weighted by atomic mass is 9.88. The summed E-state index contributed by atoms with van der Waals surface area (Å²) in [5, 5.41) is 8.98. The SMILES string of the molecule is CCc1cc(N2C3CCC2CC(CC(=O)O)C3)ncn1. The van der Waals surface area contributed by atoms with Gasteiger partial charge >= 0.3 is 5.97 Å². The molecule has 5 nitrogen and oxygen atoms in total. The lowest BCUT2D eigenvalue weighted by Crippen LogP contribution is -2.44. The van der Waals surface area contributed by atoms with Crippen LogP contribution in [0.5, 0.6) is 0 Å². The van der Waals surface area contributed by atoms with Crippen LogP contribution in [0.4, 0.5) is 5.82 Å². The van der Waals surface area contributed by atoms with Crippen molar-refractivity contribution < 1.29 is 9.90 Å². The van der Waals surface area contributed by atoms with Gasteiger partial charge < -0.3 is 10.0 Å². The van der Waals surface area contributed by atoms with Crippen LogP contribution in [-0.2, 0) is 11.2 Å². The Hall–Kier alpha value is -1.65. The van der Waals surface area contributed by atoms with Crippen molar-refractivity contribution in [1.82, 2.24) is 9.97 Å². The summed E-state index contributed by atoms with van der Waals surface area (Å²) < 4.78 is 0. The highest BCUT2D eigenvalue weighted by Gasteiger charge is 2.41. The zero-order valence-corrected chi connectivity index (χ0v) is 11.8. The molecular formula is C15H21N3O2. The number of nitrogens with zero attached hydrogens (tertiary/aromatic N) is 3. The van der Waals surface area contributed by atoms with Crippen LogP contribution in [0.3, 0.4) is 0 Å². The van der Waals surface area contributed by atoms with Gasteiger partial charge in [0.05, 0.1) is 0 Å². The summed E-state index contributed by atoms with van der Waals surface area (Å²) >= 11 is 0. The molecule has 0 aliphatic carbocycles. The number of aryl methyl sites for hydroxylation is 1. The molecule has 0 radical (unpaired) electrons. The minimum Gasteiger partial charge on any atom is -0.481 e. The van der Waals surface area contributed by atoms with Gasteiger partial charge in [0.1, 0.15) is 12.1 Å². The van der Waals surface area contributed by atoms with Crippen molar-refractivity contribution in [3.63, 3.8) is 0 Å². The Morgan fingerprint density at radius 2 is 2.05 bits per heavy atom. The molecule has 1 N–H and O–H groups in total. The van der Waals surface area contributed by atoms with Crippen LogP contribution in [0.1, 0.15) is 44.7 Å². The molecule has 1 aromatic heterocycles. The normalized spacial score (nSPS) is 28.6. The van der Waals surface area contributed by atoms with E-state index in [1.54, 1.807) is 6.33 Å². The molecule has 5 heteroatoms. The minimum absolute atomic E-state index is 0.310. The van der Waals surface area contributed by atoms with Crippen LogP contribution in [-0.4, -0.2) is 33.1 Å². The van der Waals surface area contributed by atoms with Gasteiger partial charge in [0.15, 0.2) is 0 Å². The average molecular weight is 275 g/mol. The lowest BCUT2D eigenvalue weighted by molar-refractivity contribution is -0.138. The first-order valence-corrected chi connectivity index (χ1v) is 7.48. The van der Waals surface area contributed by atoms with E-state index >= 15 is 0 Å². The zero-order valence-electron chi connectivity index (χ0n) is 11.8. The first-order valence-electron chi connectivity index (χ1n) is 7.48. The Morgan fingerprint density at radius 1 is 1.35 bits per heavy atom. The fourth-order valence-electron chi connectivity index (χ4n) is 3.80. The Balaban J connectivity index is 1.78. The first-order chi connectivity index (χ1) is 9.67. The Labute approximate surface area is 119 Å². The van der Waals surface area contributed by atoms with Crippen molar-refractivity contribution in [1.29, 1.82) is 0 Å². The molecule has 2 atom stereocenters. The summed E-state index contributed by atoms with van der Waals surface area (Å²) in [6.07, 6.45) is 7.16. The maximum atomic E-state index is 10.9. The monoisotopic (exact) mass is 275 g/mol. The molecule has 0 amide bonds. The van der Waals surface area contributed by atoms with Crippen molar-refractivity contribution in [2.45, 2.75) is 57.5 Å². The minimum atomic E-state index is -0.668. The van der Waals surface area contributed by atoms with Crippen molar-refractivity contribution >= 4 is 11.8 Å². The molecule has 2 bridgehead atoms. The lowest BCUT2D eigenvalue weighted by Gasteiger charge is -2.39. The molecule has 2 aliphatic heterocycles. The highest BCUT2D eigenvalue weighted by molar-refractivity contribution is 5.67. The summed E-state index contributed by atoms with van der Waals surface area (Å²) in [5.41, 5.74) is 1.07. The summed E-state index contributed by atoms with van der Waals surface area (Å²) in [7, 11) is 0. The average Bonchev–Trinajstić information content (AvgIpc) is 2.70. The smallest absolute Gasteiger partial charge is 0.303 e. The fourth-order valence-corrected chi connectivity index (χ4v) is 3.80. The predicted molar refractivity (Wildman–Crippen MR) is 75.7 cm³/mol. The van der Waals surface area contributed by atoms with E-state index in [0.717, 1.165) is 43.6 Å². The molecule has 20 heavy (non-hydrogen) atoms. The highest BCUT2D eigenvalue weighted by Crippen LogP contribution is 2.41. The van der Waals surface area contributed by atoms with E-state index in [9.17, 15) is 4.79 Å². The zero-order chi connectivity index (χ0) is 14.1. The second kappa shape index (κ2) is 5.38. The van der Waals surface area contributed by atoms with Gasteiger partial charge in [0.2, 0.25) is 0 Å². The van der Waals surface area contributed by atoms with E-state index < -0.39 is 5.97 Å². The number of carboxylic acids is 1. The van der Waals surface area contributed by atoms with Crippen LogP contribution in [0, 0.1) is 5.92 Å². The van der Waals surface area contributed by atoms with Gasteiger partial charge in [-0.1, -0.05) is 6.92 Å². The molecule has 108 valence electrons. The van der Waals surface area contributed by atoms with E-state index in [1.165, 1.54) is 0 Å². The van der Waals surface area contributed by atoms with E-state index in [2.05, 4.69) is 27.9 Å². The molecule has 2 saturated heterocycles.